The van der Waals surface area contributed by atoms with Gasteiger partial charge in [-0.15, -0.1) is 11.6 Å². The van der Waals surface area contributed by atoms with Gasteiger partial charge in [-0.1, -0.05) is 56.1 Å². The van der Waals surface area contributed by atoms with Crippen LogP contribution in [-0.4, -0.2) is 22.5 Å². The lowest BCUT2D eigenvalue weighted by Crippen LogP contribution is -2.27. The highest BCUT2D eigenvalue weighted by Crippen LogP contribution is 2.34. The van der Waals surface area contributed by atoms with Gasteiger partial charge in [0.15, 0.2) is 0 Å². The smallest absolute Gasteiger partial charge is 0.244 e. The van der Waals surface area contributed by atoms with Crippen molar-refractivity contribution in [1.82, 2.24) is 5.01 Å². The van der Waals surface area contributed by atoms with Crippen LogP contribution in [-0.2, 0) is 4.79 Å². The Labute approximate surface area is 162 Å². The van der Waals surface area contributed by atoms with E-state index >= 15 is 0 Å². The van der Waals surface area contributed by atoms with Gasteiger partial charge in [-0.25, -0.2) is 5.01 Å². The summed E-state index contributed by atoms with van der Waals surface area (Å²) in [4.78, 5) is 12.4. The van der Waals surface area contributed by atoms with Crippen LogP contribution in [0, 0.1) is 0 Å². The molecule has 0 saturated carbocycles. The number of carbonyl (C=O) groups excluding carboxylic acids is 1. The minimum Gasteiger partial charge on any atom is -0.273 e. The van der Waals surface area contributed by atoms with Crippen LogP contribution < -0.4 is 0 Å². The van der Waals surface area contributed by atoms with Gasteiger partial charge in [-0.2, -0.15) is 5.10 Å². The van der Waals surface area contributed by atoms with Gasteiger partial charge in [0.25, 0.3) is 0 Å². The summed E-state index contributed by atoms with van der Waals surface area (Å²) in [5.41, 5.74) is 3.01. The number of halogens is 3. The minimum absolute atomic E-state index is 0.0509. The minimum atomic E-state index is -0.0903. The van der Waals surface area contributed by atoms with E-state index in [9.17, 15) is 4.79 Å². The summed E-state index contributed by atoms with van der Waals surface area (Å²) in [6.45, 7) is 0. The van der Waals surface area contributed by atoms with Crippen molar-refractivity contribution in [2.75, 3.05) is 5.88 Å². The summed E-state index contributed by atoms with van der Waals surface area (Å²) in [5.74, 6) is 0.246. The van der Waals surface area contributed by atoms with Crippen LogP contribution in [0.1, 0.15) is 30.0 Å². The lowest BCUT2D eigenvalue weighted by Gasteiger charge is -2.21. The molecule has 0 aromatic heterocycles. The molecule has 0 saturated heterocycles. The van der Waals surface area contributed by atoms with Crippen molar-refractivity contribution in [2.24, 2.45) is 5.10 Å². The van der Waals surface area contributed by atoms with Gasteiger partial charge in [-0.3, -0.25) is 4.79 Å². The van der Waals surface area contributed by atoms with Gasteiger partial charge in [0.2, 0.25) is 5.91 Å². The van der Waals surface area contributed by atoms with Gasteiger partial charge in [0.05, 0.1) is 11.8 Å². The highest BCUT2D eigenvalue weighted by Gasteiger charge is 2.32. The third kappa shape index (κ3) is 3.90. The molecule has 1 aliphatic rings. The highest BCUT2D eigenvalue weighted by atomic mass is 79.9. The monoisotopic (exact) mass is 468 g/mol. The maximum absolute atomic E-state index is 12.4. The number of amides is 1. The van der Waals surface area contributed by atoms with Crippen LogP contribution in [0.25, 0.3) is 0 Å². The molecule has 1 aliphatic heterocycles. The summed E-state index contributed by atoms with van der Waals surface area (Å²) < 4.78 is 2.03. The molecule has 3 nitrogen and oxygen atoms in total. The first-order chi connectivity index (χ1) is 11.6. The SMILES string of the molecule is O=C(CCCl)N1N=C(c2ccc(Br)cc2)C[C@@H]1c1ccc(Br)cc1. The topological polar surface area (TPSA) is 32.7 Å². The van der Waals surface area contributed by atoms with E-state index < -0.39 is 0 Å². The van der Waals surface area contributed by atoms with E-state index in [0.29, 0.717) is 12.3 Å². The number of hydrogen-bond donors (Lipinski definition) is 0. The number of carbonyl (C=O) groups is 1. The number of hydrogen-bond acceptors (Lipinski definition) is 2. The van der Waals surface area contributed by atoms with Crippen LogP contribution in [0.3, 0.4) is 0 Å². The van der Waals surface area contributed by atoms with E-state index in [0.717, 1.165) is 25.8 Å². The van der Waals surface area contributed by atoms with Crippen molar-refractivity contribution in [2.45, 2.75) is 18.9 Å². The van der Waals surface area contributed by atoms with Crippen LogP contribution in [0.2, 0.25) is 0 Å². The molecule has 1 amide bonds. The Bertz CT molecular complexity index is 760. The lowest BCUT2D eigenvalue weighted by molar-refractivity contribution is -0.132. The van der Waals surface area contributed by atoms with Crippen molar-refractivity contribution in [3.8, 4) is 0 Å². The second-order valence-corrected chi connectivity index (χ2v) is 7.71. The van der Waals surface area contributed by atoms with E-state index in [2.05, 4.69) is 37.0 Å². The molecule has 1 heterocycles. The fourth-order valence-electron chi connectivity index (χ4n) is 2.70. The number of alkyl halides is 1. The normalized spacial score (nSPS) is 17.0. The molecule has 0 unspecified atom stereocenters. The van der Waals surface area contributed by atoms with Gasteiger partial charge in [-0.05, 0) is 35.4 Å². The summed E-state index contributed by atoms with van der Waals surface area (Å²) in [5, 5.41) is 6.19. The van der Waals surface area contributed by atoms with Crippen LogP contribution >= 0.6 is 43.5 Å². The summed E-state index contributed by atoms with van der Waals surface area (Å²) in [6, 6.07) is 15.9. The van der Waals surface area contributed by atoms with E-state index in [4.69, 9.17) is 11.6 Å². The Balaban J connectivity index is 1.92. The average molecular weight is 471 g/mol. The maximum Gasteiger partial charge on any atom is 0.244 e. The van der Waals surface area contributed by atoms with E-state index in [1.54, 1.807) is 5.01 Å². The molecular weight excluding hydrogens is 455 g/mol. The molecule has 0 N–H and O–H groups in total. The van der Waals surface area contributed by atoms with Crippen molar-refractivity contribution >= 4 is 55.1 Å². The third-order valence-corrected chi connectivity index (χ3v) is 5.15. The Morgan fingerprint density at radius 2 is 1.67 bits per heavy atom. The fraction of sp³-hybridized carbons (Fsp3) is 0.222. The van der Waals surface area contributed by atoms with Crippen molar-refractivity contribution in [3.05, 3.63) is 68.6 Å². The highest BCUT2D eigenvalue weighted by molar-refractivity contribution is 9.10. The molecule has 3 rings (SSSR count). The first-order valence-electron chi connectivity index (χ1n) is 7.55. The first kappa shape index (κ1) is 17.6. The Kier molecular flexibility index (Phi) is 5.74. The van der Waals surface area contributed by atoms with Crippen LogP contribution in [0.15, 0.2) is 62.6 Å². The van der Waals surface area contributed by atoms with Gasteiger partial charge in [0.1, 0.15) is 0 Å². The van der Waals surface area contributed by atoms with Crippen molar-refractivity contribution in [3.63, 3.8) is 0 Å². The summed E-state index contributed by atoms with van der Waals surface area (Å²) in [6.07, 6.45) is 0.975. The predicted octanol–water partition coefficient (Wildman–Crippen LogP) is 5.52. The quantitative estimate of drug-likeness (QED) is 0.542. The van der Waals surface area contributed by atoms with Gasteiger partial charge >= 0.3 is 0 Å². The Hall–Kier alpha value is -1.17. The van der Waals surface area contributed by atoms with Gasteiger partial charge < -0.3 is 0 Å². The van der Waals surface area contributed by atoms with E-state index in [1.807, 2.05) is 48.5 Å². The molecule has 6 heteroatoms. The number of nitrogens with zero attached hydrogens (tertiary/aromatic N) is 2. The second-order valence-electron chi connectivity index (χ2n) is 5.50. The lowest BCUT2D eigenvalue weighted by atomic mass is 9.98. The molecule has 24 heavy (non-hydrogen) atoms. The zero-order chi connectivity index (χ0) is 17.1. The van der Waals surface area contributed by atoms with E-state index in [1.165, 1.54) is 0 Å². The zero-order valence-electron chi connectivity index (χ0n) is 12.8. The van der Waals surface area contributed by atoms with E-state index in [-0.39, 0.29) is 18.4 Å². The molecule has 2 aromatic rings. The largest absolute Gasteiger partial charge is 0.273 e. The third-order valence-electron chi connectivity index (χ3n) is 3.91. The molecule has 0 bridgehead atoms. The zero-order valence-corrected chi connectivity index (χ0v) is 16.7. The second kappa shape index (κ2) is 7.81. The van der Waals surface area contributed by atoms with Crippen LogP contribution in [0.4, 0.5) is 0 Å². The van der Waals surface area contributed by atoms with Crippen LogP contribution in [0.5, 0.6) is 0 Å². The standard InChI is InChI=1S/C18H15Br2ClN2O/c19-14-5-1-12(2-6-14)16-11-17(13-3-7-15(20)8-4-13)23(22-16)18(24)9-10-21/h1-8,17H,9-11H2/t17-/m1/s1. The number of hydrazone groups is 1. The molecule has 124 valence electrons. The first-order valence-corrected chi connectivity index (χ1v) is 9.67. The van der Waals surface area contributed by atoms with Crippen molar-refractivity contribution in [1.29, 1.82) is 0 Å². The summed E-state index contributed by atoms with van der Waals surface area (Å²) in [7, 11) is 0. The number of benzene rings is 2. The Morgan fingerprint density at radius 3 is 2.25 bits per heavy atom. The van der Waals surface area contributed by atoms with Gasteiger partial charge in [0, 0.05) is 27.7 Å². The number of rotatable bonds is 4. The van der Waals surface area contributed by atoms with Crippen molar-refractivity contribution < 1.29 is 4.79 Å². The molecule has 0 fully saturated rings. The maximum atomic E-state index is 12.4. The average Bonchev–Trinajstić information content (AvgIpc) is 3.02. The fourth-order valence-corrected chi connectivity index (χ4v) is 3.39. The molecule has 0 radical (unpaired) electrons. The summed E-state index contributed by atoms with van der Waals surface area (Å²) >= 11 is 12.6. The Morgan fingerprint density at radius 1 is 1.08 bits per heavy atom. The molecule has 0 aliphatic carbocycles. The predicted molar refractivity (Wildman–Crippen MR) is 104 cm³/mol. The molecule has 0 spiro atoms. The molecule has 1 atom stereocenters. The molecular formula is C18H15Br2ClN2O. The molecule has 2 aromatic carbocycles.